The van der Waals surface area contributed by atoms with E-state index in [1.54, 1.807) is 24.1 Å². The van der Waals surface area contributed by atoms with Crippen LogP contribution in [0.3, 0.4) is 0 Å². The summed E-state index contributed by atoms with van der Waals surface area (Å²) in [5.41, 5.74) is 0.421. The van der Waals surface area contributed by atoms with Gasteiger partial charge in [-0.2, -0.15) is 0 Å². The van der Waals surface area contributed by atoms with Crippen LogP contribution >= 0.6 is 0 Å². The SMILES string of the molecule is Cn1cc(C(=O)N2CCN(CCn3ccnc3)CC2)nn1. The van der Waals surface area contributed by atoms with Crippen molar-refractivity contribution in [3.8, 4) is 0 Å². The second-order valence-corrected chi connectivity index (χ2v) is 5.21. The molecule has 1 amide bonds. The van der Waals surface area contributed by atoms with Gasteiger partial charge in [0.2, 0.25) is 0 Å². The van der Waals surface area contributed by atoms with E-state index >= 15 is 0 Å². The summed E-state index contributed by atoms with van der Waals surface area (Å²) in [4.78, 5) is 20.5. The van der Waals surface area contributed by atoms with Crippen molar-refractivity contribution in [2.45, 2.75) is 6.54 Å². The van der Waals surface area contributed by atoms with Gasteiger partial charge in [0.25, 0.3) is 5.91 Å². The number of aromatic nitrogens is 5. The van der Waals surface area contributed by atoms with Crippen LogP contribution in [0.25, 0.3) is 0 Å². The molecule has 1 aliphatic rings. The van der Waals surface area contributed by atoms with Gasteiger partial charge in [-0.25, -0.2) is 4.98 Å². The molecule has 21 heavy (non-hydrogen) atoms. The van der Waals surface area contributed by atoms with Gasteiger partial charge in [0, 0.05) is 58.7 Å². The van der Waals surface area contributed by atoms with E-state index in [9.17, 15) is 4.79 Å². The highest BCUT2D eigenvalue weighted by Crippen LogP contribution is 2.06. The van der Waals surface area contributed by atoms with Crippen molar-refractivity contribution in [3.05, 3.63) is 30.6 Å². The van der Waals surface area contributed by atoms with Crippen LogP contribution < -0.4 is 0 Å². The maximum Gasteiger partial charge on any atom is 0.276 e. The van der Waals surface area contributed by atoms with Crippen molar-refractivity contribution in [1.82, 2.24) is 34.3 Å². The number of piperazine rings is 1. The molecule has 1 fully saturated rings. The summed E-state index contributed by atoms with van der Waals surface area (Å²) < 4.78 is 3.62. The fourth-order valence-electron chi connectivity index (χ4n) is 2.46. The van der Waals surface area contributed by atoms with E-state index in [4.69, 9.17) is 0 Å². The second kappa shape index (κ2) is 6.04. The minimum Gasteiger partial charge on any atom is -0.336 e. The zero-order chi connectivity index (χ0) is 14.7. The lowest BCUT2D eigenvalue weighted by Crippen LogP contribution is -2.49. The Bertz CT molecular complexity index is 583. The van der Waals surface area contributed by atoms with Crippen LogP contribution in [0, 0.1) is 0 Å². The Balaban J connectivity index is 1.47. The summed E-state index contributed by atoms with van der Waals surface area (Å²) in [5.74, 6) is -0.0302. The van der Waals surface area contributed by atoms with Gasteiger partial charge in [-0.1, -0.05) is 5.21 Å². The lowest BCUT2D eigenvalue weighted by Gasteiger charge is -2.34. The number of rotatable bonds is 4. The van der Waals surface area contributed by atoms with Crippen molar-refractivity contribution in [2.75, 3.05) is 32.7 Å². The largest absolute Gasteiger partial charge is 0.336 e. The molecule has 8 nitrogen and oxygen atoms in total. The van der Waals surface area contributed by atoms with Crippen LogP contribution in [-0.2, 0) is 13.6 Å². The number of nitrogens with zero attached hydrogens (tertiary/aromatic N) is 7. The van der Waals surface area contributed by atoms with Crippen molar-refractivity contribution >= 4 is 5.91 Å². The predicted molar refractivity (Wildman–Crippen MR) is 75.6 cm³/mol. The highest BCUT2D eigenvalue weighted by atomic mass is 16.2. The summed E-state index contributed by atoms with van der Waals surface area (Å²) in [7, 11) is 1.76. The van der Waals surface area contributed by atoms with Crippen LogP contribution in [0.1, 0.15) is 10.5 Å². The van der Waals surface area contributed by atoms with Crippen LogP contribution in [0.2, 0.25) is 0 Å². The van der Waals surface area contributed by atoms with Gasteiger partial charge in [-0.3, -0.25) is 14.4 Å². The Kier molecular flexibility index (Phi) is 3.96. The van der Waals surface area contributed by atoms with Crippen LogP contribution in [-0.4, -0.2) is 73.0 Å². The van der Waals surface area contributed by atoms with Crippen LogP contribution in [0.4, 0.5) is 0 Å². The summed E-state index contributed by atoms with van der Waals surface area (Å²) in [6, 6.07) is 0. The van der Waals surface area contributed by atoms with Gasteiger partial charge < -0.3 is 9.47 Å². The van der Waals surface area contributed by atoms with E-state index in [2.05, 4.69) is 24.8 Å². The minimum atomic E-state index is -0.0302. The third kappa shape index (κ3) is 3.27. The molecule has 2 aromatic rings. The molecule has 1 saturated heterocycles. The van der Waals surface area contributed by atoms with E-state index in [0.29, 0.717) is 5.69 Å². The Morgan fingerprint density at radius 1 is 1.24 bits per heavy atom. The first-order valence-corrected chi connectivity index (χ1v) is 7.06. The zero-order valence-electron chi connectivity index (χ0n) is 12.1. The molecule has 0 aromatic carbocycles. The van der Waals surface area contributed by atoms with E-state index in [0.717, 1.165) is 39.3 Å². The standard InChI is InChI=1S/C13H19N7O/c1-17-10-12(15-16-17)13(21)20-8-6-18(7-9-20)4-5-19-3-2-14-11-19/h2-3,10-11H,4-9H2,1H3. The van der Waals surface area contributed by atoms with Crippen molar-refractivity contribution < 1.29 is 4.79 Å². The average Bonchev–Trinajstić information content (AvgIpc) is 3.16. The molecule has 3 rings (SSSR count). The van der Waals surface area contributed by atoms with Gasteiger partial charge in [0.1, 0.15) is 0 Å². The molecule has 0 spiro atoms. The Morgan fingerprint density at radius 2 is 2.05 bits per heavy atom. The quantitative estimate of drug-likeness (QED) is 0.756. The van der Waals surface area contributed by atoms with Gasteiger partial charge in [0.15, 0.2) is 5.69 Å². The van der Waals surface area contributed by atoms with Gasteiger partial charge >= 0.3 is 0 Å². The topological polar surface area (TPSA) is 72.1 Å². The smallest absolute Gasteiger partial charge is 0.276 e. The molecule has 2 aromatic heterocycles. The van der Waals surface area contributed by atoms with E-state index < -0.39 is 0 Å². The molecular weight excluding hydrogens is 270 g/mol. The molecule has 0 aliphatic carbocycles. The van der Waals surface area contributed by atoms with E-state index in [1.807, 2.05) is 17.4 Å². The van der Waals surface area contributed by atoms with Gasteiger partial charge in [-0.15, -0.1) is 5.10 Å². The first-order valence-electron chi connectivity index (χ1n) is 7.06. The van der Waals surface area contributed by atoms with Gasteiger partial charge in [0.05, 0.1) is 12.5 Å². The summed E-state index contributed by atoms with van der Waals surface area (Å²) in [5, 5.41) is 7.68. The lowest BCUT2D eigenvalue weighted by molar-refractivity contribution is 0.0627. The van der Waals surface area contributed by atoms with Crippen molar-refractivity contribution in [3.63, 3.8) is 0 Å². The van der Waals surface area contributed by atoms with E-state index in [-0.39, 0.29) is 5.91 Å². The number of imidazole rings is 1. The fourth-order valence-corrected chi connectivity index (χ4v) is 2.46. The molecule has 112 valence electrons. The Hall–Kier alpha value is -2.22. The molecule has 0 saturated carbocycles. The maximum absolute atomic E-state index is 12.2. The molecule has 0 N–H and O–H groups in total. The summed E-state index contributed by atoms with van der Waals surface area (Å²) >= 11 is 0. The van der Waals surface area contributed by atoms with Crippen molar-refractivity contribution in [2.24, 2.45) is 7.05 Å². The lowest BCUT2D eigenvalue weighted by atomic mass is 10.3. The highest BCUT2D eigenvalue weighted by Gasteiger charge is 2.23. The van der Waals surface area contributed by atoms with Crippen molar-refractivity contribution in [1.29, 1.82) is 0 Å². The zero-order valence-corrected chi connectivity index (χ0v) is 12.1. The third-order valence-electron chi connectivity index (χ3n) is 3.71. The molecular formula is C13H19N7O. The second-order valence-electron chi connectivity index (χ2n) is 5.21. The number of hydrogen-bond donors (Lipinski definition) is 0. The molecule has 0 bridgehead atoms. The first kappa shape index (κ1) is 13.7. The molecule has 1 aliphatic heterocycles. The monoisotopic (exact) mass is 289 g/mol. The van der Waals surface area contributed by atoms with Gasteiger partial charge in [-0.05, 0) is 0 Å². The van der Waals surface area contributed by atoms with Crippen LogP contribution in [0.5, 0.6) is 0 Å². The van der Waals surface area contributed by atoms with Crippen LogP contribution in [0.15, 0.2) is 24.9 Å². The first-order chi connectivity index (χ1) is 10.2. The molecule has 3 heterocycles. The summed E-state index contributed by atoms with van der Waals surface area (Å²) in [6.45, 7) is 5.15. The maximum atomic E-state index is 12.2. The molecule has 0 unspecified atom stereocenters. The molecule has 0 radical (unpaired) electrons. The average molecular weight is 289 g/mol. The Labute approximate surface area is 123 Å². The predicted octanol–water partition coefficient (Wildman–Crippen LogP) is -0.530. The molecule has 8 heteroatoms. The number of hydrogen-bond acceptors (Lipinski definition) is 5. The highest BCUT2D eigenvalue weighted by molar-refractivity contribution is 5.92. The Morgan fingerprint density at radius 3 is 2.67 bits per heavy atom. The number of carbonyl (C=O) groups is 1. The van der Waals surface area contributed by atoms with E-state index in [1.165, 1.54) is 0 Å². The number of amides is 1. The number of aryl methyl sites for hydroxylation is 1. The number of carbonyl (C=O) groups excluding carboxylic acids is 1. The third-order valence-corrected chi connectivity index (χ3v) is 3.71. The molecule has 0 atom stereocenters. The minimum absolute atomic E-state index is 0.0302. The fraction of sp³-hybridized carbons (Fsp3) is 0.538. The normalized spacial score (nSPS) is 16.3. The summed E-state index contributed by atoms with van der Waals surface area (Å²) in [6.07, 6.45) is 7.24.